The minimum atomic E-state index is -0.229. The van der Waals surface area contributed by atoms with E-state index in [2.05, 4.69) is 10.2 Å². The predicted octanol–water partition coefficient (Wildman–Crippen LogP) is 2.10. The van der Waals surface area contributed by atoms with E-state index in [4.69, 9.17) is 11.5 Å². The van der Waals surface area contributed by atoms with Gasteiger partial charge in [-0.2, -0.15) is 0 Å². The zero-order valence-electron chi connectivity index (χ0n) is 14.7. The van der Waals surface area contributed by atoms with Gasteiger partial charge >= 0.3 is 0 Å². The maximum atomic E-state index is 12.6. The number of benzene rings is 2. The summed E-state index contributed by atoms with van der Waals surface area (Å²) in [6.45, 7) is 1.93. The van der Waals surface area contributed by atoms with Gasteiger partial charge in [0.25, 0.3) is 5.91 Å². The Morgan fingerprint density at radius 1 is 1.04 bits per heavy atom. The molecule has 0 unspecified atom stereocenters. The molecule has 3 rings (SSSR count). The van der Waals surface area contributed by atoms with Crippen molar-refractivity contribution in [2.24, 2.45) is 17.4 Å². The molecule has 6 heteroatoms. The summed E-state index contributed by atoms with van der Waals surface area (Å²) in [5.41, 5.74) is 14.3. The molecule has 0 bridgehead atoms. The topological polar surface area (TPSA) is 101 Å². The maximum absolute atomic E-state index is 12.6. The Balaban J connectivity index is 1.73. The smallest absolute Gasteiger partial charge is 0.255 e. The van der Waals surface area contributed by atoms with Crippen molar-refractivity contribution in [1.82, 2.24) is 0 Å². The minimum Gasteiger partial charge on any atom is -0.370 e. The van der Waals surface area contributed by atoms with Crippen LogP contribution in [-0.4, -0.2) is 24.9 Å². The summed E-state index contributed by atoms with van der Waals surface area (Å²) in [5, 5.41) is 2.99. The molecule has 1 saturated heterocycles. The number of hydrogen-bond acceptors (Lipinski definition) is 4. The number of carbonyl (C=O) groups excluding carboxylic acids is 2. The van der Waals surface area contributed by atoms with Crippen LogP contribution in [0, 0.1) is 5.92 Å². The van der Waals surface area contributed by atoms with E-state index in [9.17, 15) is 9.59 Å². The van der Waals surface area contributed by atoms with E-state index < -0.39 is 0 Å². The van der Waals surface area contributed by atoms with Crippen LogP contribution in [-0.2, 0) is 11.3 Å². The number of amides is 2. The molecule has 1 heterocycles. The fourth-order valence-electron chi connectivity index (χ4n) is 3.25. The molecule has 0 saturated carbocycles. The van der Waals surface area contributed by atoms with Crippen molar-refractivity contribution in [2.75, 3.05) is 23.3 Å². The third-order valence-electron chi connectivity index (χ3n) is 4.84. The van der Waals surface area contributed by atoms with Crippen LogP contribution >= 0.6 is 0 Å². The quantitative estimate of drug-likeness (QED) is 0.767. The van der Waals surface area contributed by atoms with Gasteiger partial charge in [-0.3, -0.25) is 9.59 Å². The Morgan fingerprint density at radius 3 is 2.31 bits per heavy atom. The van der Waals surface area contributed by atoms with E-state index in [-0.39, 0.29) is 17.7 Å². The summed E-state index contributed by atoms with van der Waals surface area (Å²) >= 11 is 0. The van der Waals surface area contributed by atoms with E-state index in [1.165, 1.54) is 0 Å². The lowest BCUT2D eigenvalue weighted by Crippen LogP contribution is -2.38. The Bertz CT molecular complexity index is 781. The summed E-state index contributed by atoms with van der Waals surface area (Å²) in [7, 11) is 0. The lowest BCUT2D eigenvalue weighted by molar-refractivity contribution is -0.122. The normalized spacial score (nSPS) is 14.9. The maximum Gasteiger partial charge on any atom is 0.255 e. The number of carbonyl (C=O) groups is 2. The molecule has 6 nitrogen and oxygen atoms in total. The van der Waals surface area contributed by atoms with Crippen LogP contribution in [0.2, 0.25) is 0 Å². The molecule has 2 aromatic rings. The lowest BCUT2D eigenvalue weighted by Gasteiger charge is -2.33. The van der Waals surface area contributed by atoms with Crippen LogP contribution in [0.4, 0.5) is 11.4 Å². The zero-order valence-corrected chi connectivity index (χ0v) is 14.7. The highest BCUT2D eigenvalue weighted by molar-refractivity contribution is 6.06. The molecule has 5 N–H and O–H groups in total. The Labute approximate surface area is 153 Å². The van der Waals surface area contributed by atoms with Gasteiger partial charge in [-0.25, -0.2) is 0 Å². The highest BCUT2D eigenvalue weighted by atomic mass is 16.2. The largest absolute Gasteiger partial charge is 0.370 e. The fraction of sp³-hybridized carbons (Fsp3) is 0.300. The fourth-order valence-corrected chi connectivity index (χ4v) is 3.25. The van der Waals surface area contributed by atoms with E-state index >= 15 is 0 Å². The first-order valence-electron chi connectivity index (χ1n) is 8.82. The first-order valence-corrected chi connectivity index (χ1v) is 8.82. The van der Waals surface area contributed by atoms with Gasteiger partial charge in [-0.05, 0) is 42.7 Å². The number of rotatable bonds is 5. The zero-order chi connectivity index (χ0) is 18.5. The van der Waals surface area contributed by atoms with Gasteiger partial charge < -0.3 is 21.7 Å². The van der Waals surface area contributed by atoms with Crippen LogP contribution in [0.3, 0.4) is 0 Å². The summed E-state index contributed by atoms with van der Waals surface area (Å²) in [6, 6.07) is 15.0. The van der Waals surface area contributed by atoms with Crippen molar-refractivity contribution >= 4 is 23.2 Å². The van der Waals surface area contributed by atoms with E-state index in [0.717, 1.165) is 42.9 Å². The summed E-state index contributed by atoms with van der Waals surface area (Å²) in [4.78, 5) is 26.1. The number of primary amides is 1. The molecule has 1 aliphatic heterocycles. The SMILES string of the molecule is NCc1ccc(C(=O)Nc2ccccc2N2CCC(C(N)=O)CC2)cc1. The van der Waals surface area contributed by atoms with Gasteiger partial charge in [0, 0.05) is 31.1 Å². The third kappa shape index (κ3) is 4.03. The Kier molecular flexibility index (Phi) is 5.53. The van der Waals surface area contributed by atoms with E-state index in [0.29, 0.717) is 12.1 Å². The van der Waals surface area contributed by atoms with Gasteiger partial charge in [0.15, 0.2) is 0 Å². The molecule has 0 aromatic heterocycles. The van der Waals surface area contributed by atoms with Crippen LogP contribution in [0.15, 0.2) is 48.5 Å². The highest BCUT2D eigenvalue weighted by Crippen LogP contribution is 2.30. The third-order valence-corrected chi connectivity index (χ3v) is 4.84. The molecule has 0 spiro atoms. The van der Waals surface area contributed by atoms with Crippen LogP contribution in [0.5, 0.6) is 0 Å². The predicted molar refractivity (Wildman–Crippen MR) is 103 cm³/mol. The van der Waals surface area contributed by atoms with Crippen LogP contribution in [0.1, 0.15) is 28.8 Å². The number of nitrogens with one attached hydrogen (secondary N) is 1. The molecule has 26 heavy (non-hydrogen) atoms. The van der Waals surface area contributed by atoms with Gasteiger partial charge in [-0.15, -0.1) is 0 Å². The molecule has 1 aliphatic rings. The molecule has 2 amide bonds. The molecule has 1 fully saturated rings. The first kappa shape index (κ1) is 17.9. The molecule has 0 radical (unpaired) electrons. The minimum absolute atomic E-state index is 0.0611. The van der Waals surface area contributed by atoms with Gasteiger partial charge in [0.05, 0.1) is 11.4 Å². The second-order valence-corrected chi connectivity index (χ2v) is 6.54. The highest BCUT2D eigenvalue weighted by Gasteiger charge is 2.24. The molecular weight excluding hydrogens is 328 g/mol. The first-order chi connectivity index (χ1) is 12.6. The standard InChI is InChI=1S/C20H24N4O2/c21-13-14-5-7-16(8-6-14)20(26)23-17-3-1-2-4-18(17)24-11-9-15(10-12-24)19(22)25/h1-8,15H,9-13,21H2,(H2,22,25)(H,23,26). The second kappa shape index (κ2) is 8.01. The van der Waals surface area contributed by atoms with Crippen LogP contribution < -0.4 is 21.7 Å². The molecule has 136 valence electrons. The van der Waals surface area contributed by atoms with Crippen molar-refractivity contribution in [1.29, 1.82) is 0 Å². The number of hydrogen-bond donors (Lipinski definition) is 3. The van der Waals surface area contributed by atoms with Crippen molar-refractivity contribution in [2.45, 2.75) is 19.4 Å². The van der Waals surface area contributed by atoms with Crippen molar-refractivity contribution in [3.63, 3.8) is 0 Å². The van der Waals surface area contributed by atoms with Crippen molar-refractivity contribution < 1.29 is 9.59 Å². The average Bonchev–Trinajstić information content (AvgIpc) is 2.68. The number of para-hydroxylation sites is 2. The molecule has 2 aromatic carbocycles. The average molecular weight is 352 g/mol. The second-order valence-electron chi connectivity index (χ2n) is 6.54. The summed E-state index contributed by atoms with van der Waals surface area (Å²) < 4.78 is 0. The Hall–Kier alpha value is -2.86. The summed E-state index contributed by atoms with van der Waals surface area (Å²) in [6.07, 6.45) is 1.47. The number of piperidine rings is 1. The monoisotopic (exact) mass is 352 g/mol. The van der Waals surface area contributed by atoms with Crippen molar-refractivity contribution in [3.05, 3.63) is 59.7 Å². The number of anilines is 2. The van der Waals surface area contributed by atoms with Gasteiger partial charge in [0.1, 0.15) is 0 Å². The molecule has 0 aliphatic carbocycles. The number of nitrogens with two attached hydrogens (primary N) is 2. The Morgan fingerprint density at radius 2 is 1.69 bits per heavy atom. The number of nitrogens with zero attached hydrogens (tertiary/aromatic N) is 1. The molecule has 0 atom stereocenters. The molecular formula is C20H24N4O2. The summed E-state index contributed by atoms with van der Waals surface area (Å²) in [5.74, 6) is -0.450. The van der Waals surface area contributed by atoms with Gasteiger partial charge in [-0.1, -0.05) is 24.3 Å². The van der Waals surface area contributed by atoms with Crippen LogP contribution in [0.25, 0.3) is 0 Å². The van der Waals surface area contributed by atoms with E-state index in [1.54, 1.807) is 12.1 Å². The van der Waals surface area contributed by atoms with Gasteiger partial charge in [0.2, 0.25) is 5.91 Å². The lowest BCUT2D eigenvalue weighted by atomic mass is 9.96. The van der Waals surface area contributed by atoms with Crippen molar-refractivity contribution in [3.8, 4) is 0 Å². The van der Waals surface area contributed by atoms with E-state index in [1.807, 2.05) is 36.4 Å².